The number of hydrogen-bond acceptors (Lipinski definition) is 5. The van der Waals surface area contributed by atoms with Gasteiger partial charge in [-0.25, -0.2) is 0 Å². The van der Waals surface area contributed by atoms with Crippen LogP contribution in [0.4, 0.5) is 0 Å². The highest BCUT2D eigenvalue weighted by Gasteiger charge is 2.10. The van der Waals surface area contributed by atoms with Gasteiger partial charge < -0.3 is 9.84 Å². The summed E-state index contributed by atoms with van der Waals surface area (Å²) < 4.78 is 6.13. The van der Waals surface area contributed by atoms with Crippen LogP contribution >= 0.6 is 27.7 Å². The van der Waals surface area contributed by atoms with Crippen molar-refractivity contribution in [1.82, 2.24) is 15.5 Å². The first-order valence-electron chi connectivity index (χ1n) is 7.74. The molecular weight excluding hydrogens is 402 g/mol. The van der Waals surface area contributed by atoms with Crippen LogP contribution in [0.25, 0.3) is 11.4 Å². The Balaban J connectivity index is 1.45. The van der Waals surface area contributed by atoms with Gasteiger partial charge in [0.05, 0.1) is 6.54 Å². The third-order valence-corrected chi connectivity index (χ3v) is 4.84. The lowest BCUT2D eigenvalue weighted by atomic mass is 10.2. The largest absolute Gasteiger partial charge is 0.347 e. The first-order chi connectivity index (χ1) is 12.2. The van der Waals surface area contributed by atoms with Crippen molar-refractivity contribution in [1.29, 1.82) is 0 Å². The number of nitrogens with one attached hydrogen (secondary N) is 1. The Hall–Kier alpha value is -2.12. The maximum absolute atomic E-state index is 11.9. The summed E-state index contributed by atoms with van der Waals surface area (Å²) in [6.07, 6.45) is 0.437. The molecule has 1 heterocycles. The van der Waals surface area contributed by atoms with Crippen molar-refractivity contribution in [2.75, 3.05) is 5.75 Å². The predicted molar refractivity (Wildman–Crippen MR) is 101 cm³/mol. The van der Waals surface area contributed by atoms with Gasteiger partial charge in [0.25, 0.3) is 0 Å². The van der Waals surface area contributed by atoms with E-state index in [1.165, 1.54) is 0 Å². The van der Waals surface area contributed by atoms with Crippen LogP contribution in [0.15, 0.2) is 68.5 Å². The Bertz CT molecular complexity index is 839. The molecule has 7 heteroatoms. The molecule has 5 nitrogen and oxygen atoms in total. The lowest BCUT2D eigenvalue weighted by Gasteiger charge is -2.02. The van der Waals surface area contributed by atoms with Crippen LogP contribution in [0.5, 0.6) is 0 Å². The summed E-state index contributed by atoms with van der Waals surface area (Å²) >= 11 is 5.07. The van der Waals surface area contributed by atoms with Gasteiger partial charge in [-0.2, -0.15) is 4.98 Å². The fraction of sp³-hybridized carbons (Fsp3) is 0.167. The third kappa shape index (κ3) is 5.44. The molecule has 0 spiro atoms. The van der Waals surface area contributed by atoms with Crippen LogP contribution < -0.4 is 5.32 Å². The normalized spacial score (nSPS) is 10.6. The second-order valence-corrected chi connectivity index (χ2v) is 7.29. The molecule has 0 aliphatic heterocycles. The molecule has 0 aliphatic carbocycles. The van der Waals surface area contributed by atoms with Crippen LogP contribution in [-0.2, 0) is 11.3 Å². The maximum Gasteiger partial charge on any atom is 0.246 e. The zero-order chi connectivity index (χ0) is 17.5. The van der Waals surface area contributed by atoms with E-state index in [0.717, 1.165) is 20.7 Å². The predicted octanol–water partition coefficient (Wildman–Crippen LogP) is 4.30. The van der Waals surface area contributed by atoms with Crippen LogP contribution in [-0.4, -0.2) is 21.8 Å². The number of halogens is 1. The molecule has 1 N–H and O–H groups in total. The van der Waals surface area contributed by atoms with Gasteiger partial charge in [-0.05, 0) is 24.3 Å². The second kappa shape index (κ2) is 8.82. The minimum absolute atomic E-state index is 0.0364. The molecule has 0 saturated carbocycles. The smallest absolute Gasteiger partial charge is 0.246 e. The van der Waals surface area contributed by atoms with Crippen molar-refractivity contribution in [3.05, 3.63) is 65.0 Å². The van der Waals surface area contributed by atoms with Gasteiger partial charge >= 0.3 is 0 Å². The van der Waals surface area contributed by atoms with E-state index in [2.05, 4.69) is 31.4 Å². The summed E-state index contributed by atoms with van der Waals surface area (Å²) in [6.45, 7) is 0.232. The van der Waals surface area contributed by atoms with Crippen LogP contribution in [0.2, 0.25) is 0 Å². The highest BCUT2D eigenvalue weighted by Crippen LogP contribution is 2.20. The summed E-state index contributed by atoms with van der Waals surface area (Å²) in [7, 11) is 0. The standard InChI is InChI=1S/C18H16BrN3O2S/c19-14-6-4-5-13(11-14)18-21-17(24-22-18)12-20-16(23)9-10-25-15-7-2-1-3-8-15/h1-8,11H,9-10,12H2,(H,20,23). The number of carbonyl (C=O) groups excluding carboxylic acids is 1. The average Bonchev–Trinajstić information content (AvgIpc) is 3.10. The van der Waals surface area contributed by atoms with E-state index in [1.807, 2.05) is 54.6 Å². The van der Waals surface area contributed by atoms with Crippen molar-refractivity contribution in [3.8, 4) is 11.4 Å². The molecule has 0 saturated heterocycles. The van der Waals surface area contributed by atoms with Crippen molar-refractivity contribution < 1.29 is 9.32 Å². The molecule has 0 unspecified atom stereocenters. The molecule has 1 aromatic heterocycles. The molecule has 3 aromatic rings. The Morgan fingerprint density at radius 3 is 2.80 bits per heavy atom. The highest BCUT2D eigenvalue weighted by molar-refractivity contribution is 9.10. The number of thioether (sulfide) groups is 1. The second-order valence-electron chi connectivity index (χ2n) is 5.21. The Morgan fingerprint density at radius 2 is 2.00 bits per heavy atom. The number of carbonyl (C=O) groups is 1. The number of amides is 1. The molecular formula is C18H16BrN3O2S. The molecule has 1 amide bonds. The fourth-order valence-electron chi connectivity index (χ4n) is 2.11. The van der Waals surface area contributed by atoms with E-state index >= 15 is 0 Å². The molecule has 0 fully saturated rings. The van der Waals surface area contributed by atoms with Crippen LogP contribution in [0.1, 0.15) is 12.3 Å². The summed E-state index contributed by atoms with van der Waals surface area (Å²) in [6, 6.07) is 17.7. The zero-order valence-electron chi connectivity index (χ0n) is 13.3. The molecule has 0 aliphatic rings. The Labute approximate surface area is 158 Å². The van der Waals surface area contributed by atoms with Gasteiger partial charge in [-0.15, -0.1) is 11.8 Å². The first kappa shape index (κ1) is 17.7. The number of hydrogen-bond donors (Lipinski definition) is 1. The van der Waals surface area contributed by atoms with E-state index in [1.54, 1.807) is 11.8 Å². The lowest BCUT2D eigenvalue weighted by molar-refractivity contribution is -0.120. The SMILES string of the molecule is O=C(CCSc1ccccc1)NCc1nc(-c2cccc(Br)c2)no1. The van der Waals surface area contributed by atoms with Crippen molar-refractivity contribution in [3.63, 3.8) is 0 Å². The van der Waals surface area contributed by atoms with E-state index in [4.69, 9.17) is 4.52 Å². The van der Waals surface area contributed by atoms with E-state index < -0.39 is 0 Å². The fourth-order valence-corrected chi connectivity index (χ4v) is 3.38. The summed E-state index contributed by atoms with van der Waals surface area (Å²) in [5.74, 6) is 1.58. The lowest BCUT2D eigenvalue weighted by Crippen LogP contribution is -2.23. The third-order valence-electron chi connectivity index (χ3n) is 3.33. The summed E-state index contributed by atoms with van der Waals surface area (Å²) in [4.78, 5) is 17.4. The monoisotopic (exact) mass is 417 g/mol. The zero-order valence-corrected chi connectivity index (χ0v) is 15.7. The molecule has 128 valence electrons. The molecule has 0 bridgehead atoms. The molecule has 25 heavy (non-hydrogen) atoms. The number of aromatic nitrogens is 2. The van der Waals surface area contributed by atoms with E-state index in [-0.39, 0.29) is 12.5 Å². The summed E-state index contributed by atoms with van der Waals surface area (Å²) in [5, 5.41) is 6.75. The van der Waals surface area contributed by atoms with Gasteiger partial charge in [0.1, 0.15) is 0 Å². The minimum Gasteiger partial charge on any atom is -0.347 e. The van der Waals surface area contributed by atoms with E-state index in [0.29, 0.717) is 18.1 Å². The first-order valence-corrected chi connectivity index (χ1v) is 9.51. The Kier molecular flexibility index (Phi) is 6.25. The Morgan fingerprint density at radius 1 is 1.16 bits per heavy atom. The van der Waals surface area contributed by atoms with Gasteiger partial charge in [0.15, 0.2) is 0 Å². The van der Waals surface area contributed by atoms with Gasteiger partial charge in [0, 0.05) is 27.1 Å². The van der Waals surface area contributed by atoms with Crippen molar-refractivity contribution in [2.45, 2.75) is 17.9 Å². The molecule has 0 atom stereocenters. The van der Waals surface area contributed by atoms with E-state index in [9.17, 15) is 4.79 Å². The van der Waals surface area contributed by atoms with Crippen molar-refractivity contribution >= 4 is 33.6 Å². The highest BCUT2D eigenvalue weighted by atomic mass is 79.9. The maximum atomic E-state index is 11.9. The number of rotatable bonds is 7. The van der Waals surface area contributed by atoms with Gasteiger partial charge in [-0.3, -0.25) is 4.79 Å². The number of benzene rings is 2. The average molecular weight is 418 g/mol. The van der Waals surface area contributed by atoms with Crippen LogP contribution in [0.3, 0.4) is 0 Å². The summed E-state index contributed by atoms with van der Waals surface area (Å²) in [5.41, 5.74) is 0.856. The number of nitrogens with zero attached hydrogens (tertiary/aromatic N) is 2. The van der Waals surface area contributed by atoms with Gasteiger partial charge in [-0.1, -0.05) is 51.4 Å². The molecule has 2 aromatic carbocycles. The molecule has 3 rings (SSSR count). The van der Waals surface area contributed by atoms with Gasteiger partial charge in [0.2, 0.25) is 17.6 Å². The van der Waals surface area contributed by atoms with Crippen molar-refractivity contribution in [2.24, 2.45) is 0 Å². The topological polar surface area (TPSA) is 68.0 Å². The quantitative estimate of drug-likeness (QED) is 0.580. The minimum atomic E-state index is -0.0364. The molecule has 0 radical (unpaired) electrons. The van der Waals surface area contributed by atoms with Crippen LogP contribution in [0, 0.1) is 0 Å².